The molecule has 0 heterocycles. The van der Waals surface area contributed by atoms with E-state index in [1.54, 1.807) is 7.05 Å². The van der Waals surface area contributed by atoms with Gasteiger partial charge in [0, 0.05) is 7.05 Å². The van der Waals surface area contributed by atoms with Crippen molar-refractivity contribution in [3.8, 4) is 0 Å². The Morgan fingerprint density at radius 3 is 2.64 bits per heavy atom. The van der Waals surface area contributed by atoms with E-state index in [-0.39, 0.29) is 12.6 Å². The molecule has 0 spiro atoms. The van der Waals surface area contributed by atoms with Crippen molar-refractivity contribution in [2.24, 2.45) is 16.6 Å². The van der Waals surface area contributed by atoms with Gasteiger partial charge in [0.25, 0.3) is 0 Å². The van der Waals surface area contributed by atoms with Gasteiger partial charge in [0.1, 0.15) is 0 Å². The summed E-state index contributed by atoms with van der Waals surface area (Å²) in [6.45, 7) is 0.140. The van der Waals surface area contributed by atoms with Crippen molar-refractivity contribution in [1.29, 1.82) is 0 Å². The Labute approximate surface area is 85.6 Å². The molecule has 1 unspecified atom stereocenters. The lowest BCUT2D eigenvalue weighted by molar-refractivity contribution is 0.185. The number of guanidine groups is 1. The van der Waals surface area contributed by atoms with Crippen LogP contribution in [0.15, 0.2) is 4.99 Å². The summed E-state index contributed by atoms with van der Waals surface area (Å²) in [6.07, 6.45) is 6.24. The zero-order valence-electron chi connectivity index (χ0n) is 8.87. The third-order valence-corrected chi connectivity index (χ3v) is 2.99. The number of aliphatic imine (C=N–C) groups is 1. The lowest BCUT2D eigenvalue weighted by atomic mass is 9.84. The number of rotatable bonds is 3. The van der Waals surface area contributed by atoms with E-state index < -0.39 is 0 Å². The molecule has 0 aliphatic heterocycles. The first-order valence-corrected chi connectivity index (χ1v) is 5.37. The highest BCUT2D eigenvalue weighted by Crippen LogP contribution is 2.26. The summed E-state index contributed by atoms with van der Waals surface area (Å²) in [5.74, 6) is 0.976. The van der Waals surface area contributed by atoms with Gasteiger partial charge in [0.2, 0.25) is 0 Å². The molecule has 1 aliphatic carbocycles. The Hall–Kier alpha value is -0.770. The second-order valence-electron chi connectivity index (χ2n) is 3.94. The molecule has 0 amide bonds. The summed E-state index contributed by atoms with van der Waals surface area (Å²) in [5.41, 5.74) is 5.58. The third kappa shape index (κ3) is 3.18. The first kappa shape index (κ1) is 11.3. The van der Waals surface area contributed by atoms with Gasteiger partial charge in [-0.25, -0.2) is 0 Å². The monoisotopic (exact) mass is 199 g/mol. The van der Waals surface area contributed by atoms with Crippen molar-refractivity contribution < 1.29 is 5.11 Å². The van der Waals surface area contributed by atoms with Crippen molar-refractivity contribution >= 4 is 5.96 Å². The largest absolute Gasteiger partial charge is 0.394 e. The molecule has 0 bridgehead atoms. The van der Waals surface area contributed by atoms with Crippen LogP contribution in [-0.2, 0) is 0 Å². The minimum absolute atomic E-state index is 0.0824. The molecular weight excluding hydrogens is 178 g/mol. The third-order valence-electron chi connectivity index (χ3n) is 2.99. The minimum atomic E-state index is 0.0824. The molecule has 1 saturated carbocycles. The molecule has 1 fully saturated rings. The molecule has 14 heavy (non-hydrogen) atoms. The normalized spacial score (nSPS) is 22.0. The van der Waals surface area contributed by atoms with E-state index in [4.69, 9.17) is 5.73 Å². The molecule has 0 aromatic carbocycles. The molecular formula is C10H21N3O. The zero-order chi connectivity index (χ0) is 10.4. The van der Waals surface area contributed by atoms with Gasteiger partial charge in [-0.1, -0.05) is 19.3 Å². The lowest BCUT2D eigenvalue weighted by Gasteiger charge is -2.29. The van der Waals surface area contributed by atoms with Gasteiger partial charge in [-0.15, -0.1) is 0 Å². The van der Waals surface area contributed by atoms with Crippen LogP contribution in [0.1, 0.15) is 32.1 Å². The first-order valence-electron chi connectivity index (χ1n) is 5.37. The number of aliphatic hydroxyl groups excluding tert-OH is 1. The molecule has 82 valence electrons. The van der Waals surface area contributed by atoms with Crippen LogP contribution >= 0.6 is 0 Å². The smallest absolute Gasteiger partial charge is 0.188 e. The van der Waals surface area contributed by atoms with Crippen molar-refractivity contribution in [3.05, 3.63) is 0 Å². The van der Waals surface area contributed by atoms with Gasteiger partial charge in [0.15, 0.2) is 5.96 Å². The average Bonchev–Trinajstić information content (AvgIpc) is 2.26. The quantitative estimate of drug-likeness (QED) is 0.457. The summed E-state index contributed by atoms with van der Waals surface area (Å²) in [6, 6.07) is 0.0824. The van der Waals surface area contributed by atoms with Gasteiger partial charge >= 0.3 is 0 Å². The summed E-state index contributed by atoms with van der Waals surface area (Å²) in [7, 11) is 1.65. The average molecular weight is 199 g/mol. The van der Waals surface area contributed by atoms with Crippen LogP contribution in [0, 0.1) is 5.92 Å². The van der Waals surface area contributed by atoms with Gasteiger partial charge in [-0.3, -0.25) is 4.99 Å². The predicted octanol–water partition coefficient (Wildman–Crippen LogP) is 0.462. The highest BCUT2D eigenvalue weighted by molar-refractivity contribution is 5.77. The summed E-state index contributed by atoms with van der Waals surface area (Å²) in [5, 5.41) is 12.3. The topological polar surface area (TPSA) is 70.6 Å². The van der Waals surface area contributed by atoms with Gasteiger partial charge in [-0.2, -0.15) is 0 Å². The SMILES string of the molecule is CN=C(N)NC(CO)C1CCCCC1. The molecule has 4 nitrogen and oxygen atoms in total. The fourth-order valence-corrected chi connectivity index (χ4v) is 2.10. The van der Waals surface area contributed by atoms with Crippen molar-refractivity contribution in [2.45, 2.75) is 38.1 Å². The zero-order valence-corrected chi connectivity index (χ0v) is 8.87. The summed E-state index contributed by atoms with van der Waals surface area (Å²) < 4.78 is 0. The second-order valence-corrected chi connectivity index (χ2v) is 3.94. The number of nitrogens with one attached hydrogen (secondary N) is 1. The number of nitrogens with two attached hydrogens (primary N) is 1. The van der Waals surface area contributed by atoms with E-state index in [2.05, 4.69) is 10.3 Å². The highest BCUT2D eigenvalue weighted by atomic mass is 16.3. The Balaban J connectivity index is 2.43. The number of hydrogen-bond acceptors (Lipinski definition) is 2. The minimum Gasteiger partial charge on any atom is -0.394 e. The molecule has 0 aromatic rings. The maximum Gasteiger partial charge on any atom is 0.188 e. The maximum atomic E-state index is 9.25. The second kappa shape index (κ2) is 5.86. The Bertz CT molecular complexity index is 188. The van der Waals surface area contributed by atoms with E-state index in [0.717, 1.165) is 0 Å². The summed E-state index contributed by atoms with van der Waals surface area (Å²) >= 11 is 0. The van der Waals surface area contributed by atoms with Crippen LogP contribution in [0.3, 0.4) is 0 Å². The molecule has 0 aromatic heterocycles. The number of hydrogen-bond donors (Lipinski definition) is 3. The molecule has 1 atom stereocenters. The maximum absolute atomic E-state index is 9.25. The molecule has 0 saturated heterocycles. The molecule has 0 radical (unpaired) electrons. The van der Waals surface area contributed by atoms with Crippen molar-refractivity contribution in [1.82, 2.24) is 5.32 Å². The van der Waals surface area contributed by atoms with E-state index >= 15 is 0 Å². The van der Waals surface area contributed by atoms with Crippen LogP contribution < -0.4 is 11.1 Å². The van der Waals surface area contributed by atoms with Crippen LogP contribution in [-0.4, -0.2) is 30.8 Å². The number of nitrogens with zero attached hydrogens (tertiary/aromatic N) is 1. The molecule has 4 heteroatoms. The summed E-state index contributed by atoms with van der Waals surface area (Å²) in [4.78, 5) is 3.84. The van der Waals surface area contributed by atoms with Crippen LogP contribution in [0.4, 0.5) is 0 Å². The fourth-order valence-electron chi connectivity index (χ4n) is 2.10. The van der Waals surface area contributed by atoms with Gasteiger partial charge in [0.05, 0.1) is 12.6 Å². The van der Waals surface area contributed by atoms with Crippen molar-refractivity contribution in [2.75, 3.05) is 13.7 Å². The predicted molar refractivity (Wildman–Crippen MR) is 58.1 cm³/mol. The van der Waals surface area contributed by atoms with Crippen molar-refractivity contribution in [3.63, 3.8) is 0 Å². The Morgan fingerprint density at radius 1 is 1.50 bits per heavy atom. The fraction of sp³-hybridized carbons (Fsp3) is 0.900. The standard InChI is InChI=1S/C10H21N3O/c1-12-10(11)13-9(7-14)8-5-3-2-4-6-8/h8-9,14H,2-7H2,1H3,(H3,11,12,13). The number of aliphatic hydroxyl groups is 1. The van der Waals surface area contributed by atoms with Crippen LogP contribution in [0.25, 0.3) is 0 Å². The van der Waals surface area contributed by atoms with E-state index in [0.29, 0.717) is 11.9 Å². The van der Waals surface area contributed by atoms with Crippen LogP contribution in [0.5, 0.6) is 0 Å². The van der Waals surface area contributed by atoms with E-state index in [1.807, 2.05) is 0 Å². The molecule has 1 aliphatic rings. The van der Waals surface area contributed by atoms with Gasteiger partial charge in [-0.05, 0) is 18.8 Å². The van der Waals surface area contributed by atoms with Gasteiger partial charge < -0.3 is 16.2 Å². The van der Waals surface area contributed by atoms with E-state index in [9.17, 15) is 5.11 Å². The Morgan fingerprint density at radius 2 is 2.14 bits per heavy atom. The highest BCUT2D eigenvalue weighted by Gasteiger charge is 2.23. The molecule has 4 N–H and O–H groups in total. The molecule has 1 rings (SSSR count). The Kier molecular flexibility index (Phi) is 4.73. The van der Waals surface area contributed by atoms with E-state index in [1.165, 1.54) is 32.1 Å². The van der Waals surface area contributed by atoms with Crippen LogP contribution in [0.2, 0.25) is 0 Å². The first-order chi connectivity index (χ1) is 6.77. The lowest BCUT2D eigenvalue weighted by Crippen LogP contribution is -2.46.